The van der Waals surface area contributed by atoms with E-state index < -0.39 is 5.82 Å². The molecule has 0 aromatic heterocycles. The molecule has 0 fully saturated rings. The van der Waals surface area contributed by atoms with Crippen LogP contribution in [-0.2, 0) is 16.1 Å². The molecule has 0 saturated carbocycles. The van der Waals surface area contributed by atoms with Gasteiger partial charge in [0.05, 0.1) is 25.9 Å². The van der Waals surface area contributed by atoms with Gasteiger partial charge in [0.15, 0.2) is 0 Å². The minimum absolute atomic E-state index is 0.161. The van der Waals surface area contributed by atoms with Crippen molar-refractivity contribution in [1.82, 2.24) is 0 Å². The lowest BCUT2D eigenvalue weighted by Crippen LogP contribution is -2.15. The van der Waals surface area contributed by atoms with Crippen LogP contribution in [0.3, 0.4) is 0 Å². The van der Waals surface area contributed by atoms with Gasteiger partial charge in [-0.2, -0.15) is 0 Å². The van der Waals surface area contributed by atoms with Gasteiger partial charge in [-0.25, -0.2) is 4.39 Å². The van der Waals surface area contributed by atoms with Crippen LogP contribution in [0.25, 0.3) is 0 Å². The van der Waals surface area contributed by atoms with Crippen molar-refractivity contribution in [1.29, 1.82) is 5.41 Å². The Bertz CT molecular complexity index is 408. The molecule has 0 unspecified atom stereocenters. The third kappa shape index (κ3) is 4.81. The minimum Gasteiger partial charge on any atom is -0.384 e. The lowest BCUT2D eigenvalue weighted by molar-refractivity contribution is 0.0142. The average molecular weight is 254 g/mol. The number of hydrogen-bond donors (Lipinski definition) is 2. The molecule has 1 aromatic carbocycles. The normalized spacial score (nSPS) is 10.9. The number of amidine groups is 1. The fourth-order valence-corrected chi connectivity index (χ4v) is 1.45. The number of ether oxygens (including phenoxy) is 2. The van der Waals surface area contributed by atoms with E-state index in [4.69, 9.17) is 20.6 Å². The van der Waals surface area contributed by atoms with E-state index in [0.29, 0.717) is 24.3 Å². The van der Waals surface area contributed by atoms with Crippen LogP contribution in [0, 0.1) is 11.2 Å². The minimum atomic E-state index is -0.410. The second-order valence-corrected chi connectivity index (χ2v) is 4.19. The lowest BCUT2D eigenvalue weighted by Gasteiger charge is -2.10. The fraction of sp³-hybridized carbons (Fsp3) is 0.462. The number of halogens is 1. The molecule has 1 rings (SSSR count). The summed E-state index contributed by atoms with van der Waals surface area (Å²) >= 11 is 0. The number of rotatable bonds is 7. The van der Waals surface area contributed by atoms with E-state index in [-0.39, 0.29) is 18.5 Å². The first-order valence-corrected chi connectivity index (χ1v) is 5.83. The van der Waals surface area contributed by atoms with Gasteiger partial charge in [-0.1, -0.05) is 6.07 Å². The molecule has 0 radical (unpaired) electrons. The number of nitrogens with two attached hydrogens (primary N) is 1. The van der Waals surface area contributed by atoms with Crippen molar-refractivity contribution < 1.29 is 13.9 Å². The predicted molar refractivity (Wildman–Crippen MR) is 68.2 cm³/mol. The summed E-state index contributed by atoms with van der Waals surface area (Å²) in [5, 5.41) is 7.38. The van der Waals surface area contributed by atoms with Crippen molar-refractivity contribution in [3.8, 4) is 0 Å². The van der Waals surface area contributed by atoms with Gasteiger partial charge in [-0.05, 0) is 31.5 Å². The topological polar surface area (TPSA) is 68.3 Å². The molecule has 3 N–H and O–H groups in total. The van der Waals surface area contributed by atoms with Gasteiger partial charge in [0.1, 0.15) is 11.7 Å². The molecule has 0 saturated heterocycles. The zero-order valence-corrected chi connectivity index (χ0v) is 10.7. The van der Waals surface area contributed by atoms with Gasteiger partial charge >= 0.3 is 0 Å². The molecule has 18 heavy (non-hydrogen) atoms. The summed E-state index contributed by atoms with van der Waals surface area (Å²) in [5.41, 5.74) is 6.47. The van der Waals surface area contributed by atoms with E-state index >= 15 is 0 Å². The maximum Gasteiger partial charge on any atom is 0.123 e. The molecule has 0 spiro atoms. The SMILES string of the molecule is CC(C)OCCOCc1ccc(F)cc1C(=N)N. The van der Waals surface area contributed by atoms with Gasteiger partial charge in [-0.15, -0.1) is 0 Å². The van der Waals surface area contributed by atoms with Crippen LogP contribution in [0.5, 0.6) is 0 Å². The molecule has 0 amide bonds. The molecule has 0 atom stereocenters. The van der Waals surface area contributed by atoms with E-state index in [0.717, 1.165) is 0 Å². The van der Waals surface area contributed by atoms with E-state index in [9.17, 15) is 4.39 Å². The third-order valence-electron chi connectivity index (χ3n) is 2.30. The molecule has 0 heterocycles. The van der Waals surface area contributed by atoms with Crippen molar-refractivity contribution in [2.24, 2.45) is 5.73 Å². The van der Waals surface area contributed by atoms with E-state index in [1.165, 1.54) is 12.1 Å². The second-order valence-electron chi connectivity index (χ2n) is 4.19. The first-order chi connectivity index (χ1) is 8.50. The first-order valence-electron chi connectivity index (χ1n) is 5.83. The highest BCUT2D eigenvalue weighted by Gasteiger charge is 2.07. The summed E-state index contributed by atoms with van der Waals surface area (Å²) in [7, 11) is 0. The van der Waals surface area contributed by atoms with E-state index in [1.807, 2.05) is 13.8 Å². The van der Waals surface area contributed by atoms with Crippen LogP contribution in [0.4, 0.5) is 4.39 Å². The Hall–Kier alpha value is -1.46. The lowest BCUT2D eigenvalue weighted by atomic mass is 10.1. The van der Waals surface area contributed by atoms with E-state index in [1.54, 1.807) is 6.07 Å². The van der Waals surface area contributed by atoms with E-state index in [2.05, 4.69) is 0 Å². The largest absolute Gasteiger partial charge is 0.384 e. The van der Waals surface area contributed by atoms with Crippen molar-refractivity contribution in [2.45, 2.75) is 26.6 Å². The molecule has 4 nitrogen and oxygen atoms in total. The maximum atomic E-state index is 13.0. The van der Waals surface area contributed by atoms with Crippen molar-refractivity contribution >= 4 is 5.84 Å². The quantitative estimate of drug-likeness (QED) is 0.444. The Morgan fingerprint density at radius 3 is 2.72 bits per heavy atom. The molecular weight excluding hydrogens is 235 g/mol. The smallest absolute Gasteiger partial charge is 0.123 e. The zero-order chi connectivity index (χ0) is 13.5. The van der Waals surface area contributed by atoms with Crippen molar-refractivity contribution in [3.05, 3.63) is 35.1 Å². The van der Waals surface area contributed by atoms with Crippen molar-refractivity contribution in [3.63, 3.8) is 0 Å². The summed E-state index contributed by atoms with van der Waals surface area (Å²) in [4.78, 5) is 0. The number of nitrogen functional groups attached to an aromatic ring is 1. The molecule has 5 heteroatoms. The molecule has 0 bridgehead atoms. The van der Waals surface area contributed by atoms with Crippen LogP contribution >= 0.6 is 0 Å². The fourth-order valence-electron chi connectivity index (χ4n) is 1.45. The highest BCUT2D eigenvalue weighted by Crippen LogP contribution is 2.12. The van der Waals surface area contributed by atoms with Crippen LogP contribution in [0.2, 0.25) is 0 Å². The molecule has 0 aliphatic rings. The molecule has 1 aromatic rings. The molecule has 100 valence electrons. The number of hydrogen-bond acceptors (Lipinski definition) is 3. The van der Waals surface area contributed by atoms with Crippen LogP contribution < -0.4 is 5.73 Å². The maximum absolute atomic E-state index is 13.0. The van der Waals surface area contributed by atoms with Gasteiger partial charge in [0.25, 0.3) is 0 Å². The Morgan fingerprint density at radius 2 is 2.11 bits per heavy atom. The summed E-state index contributed by atoms with van der Waals surface area (Å²) in [6.07, 6.45) is 0.173. The Labute approximate surface area is 106 Å². The Balaban J connectivity index is 2.49. The zero-order valence-electron chi connectivity index (χ0n) is 10.7. The Kier molecular flexibility index (Phi) is 5.74. The van der Waals surface area contributed by atoms with Gasteiger partial charge < -0.3 is 15.2 Å². The van der Waals surface area contributed by atoms with Gasteiger partial charge in [-0.3, -0.25) is 5.41 Å². The second kappa shape index (κ2) is 7.08. The van der Waals surface area contributed by atoms with Crippen molar-refractivity contribution in [2.75, 3.05) is 13.2 Å². The van der Waals surface area contributed by atoms with Gasteiger partial charge in [0, 0.05) is 5.56 Å². The number of benzene rings is 1. The highest BCUT2D eigenvalue weighted by molar-refractivity contribution is 5.96. The summed E-state index contributed by atoms with van der Waals surface area (Å²) in [6.45, 7) is 5.15. The number of nitrogens with one attached hydrogen (secondary N) is 1. The highest BCUT2D eigenvalue weighted by atomic mass is 19.1. The monoisotopic (exact) mass is 254 g/mol. The summed E-state index contributed by atoms with van der Waals surface area (Å²) < 4.78 is 23.8. The summed E-state index contributed by atoms with van der Waals surface area (Å²) in [5.74, 6) is -0.571. The predicted octanol–water partition coefficient (Wildman–Crippen LogP) is 2.05. The van der Waals surface area contributed by atoms with Crippen LogP contribution in [0.1, 0.15) is 25.0 Å². The molecule has 0 aliphatic carbocycles. The summed E-state index contributed by atoms with van der Waals surface area (Å²) in [6, 6.07) is 4.15. The third-order valence-corrected chi connectivity index (χ3v) is 2.30. The van der Waals surface area contributed by atoms with Crippen LogP contribution in [0.15, 0.2) is 18.2 Å². The molecular formula is C13H19FN2O2. The first kappa shape index (κ1) is 14.6. The Morgan fingerprint density at radius 1 is 1.39 bits per heavy atom. The van der Waals surface area contributed by atoms with Gasteiger partial charge in [0.2, 0.25) is 0 Å². The standard InChI is InChI=1S/C13H19FN2O2/c1-9(2)18-6-5-17-8-10-3-4-11(14)7-12(10)13(15)16/h3-4,7,9H,5-6,8H2,1-2H3,(H3,15,16). The van der Waals surface area contributed by atoms with Crippen LogP contribution in [-0.4, -0.2) is 25.2 Å². The average Bonchev–Trinajstić information content (AvgIpc) is 2.29. The molecule has 0 aliphatic heterocycles.